The first kappa shape index (κ1) is 20.1. The Balaban J connectivity index is 1.52. The molecule has 28 heavy (non-hydrogen) atoms. The number of hydrogen-bond donors (Lipinski definition) is 1. The summed E-state index contributed by atoms with van der Waals surface area (Å²) >= 11 is 3.22. The Kier molecular flexibility index (Phi) is 6.51. The average molecular weight is 451 g/mol. The SMILES string of the molecule is CCN(Cc1ccc2c(c1)OCO2)C(=O)CCNC(=O)c1cc(F)ccc1Br. The van der Waals surface area contributed by atoms with Crippen LogP contribution in [0.1, 0.15) is 29.3 Å². The van der Waals surface area contributed by atoms with Crippen molar-refractivity contribution in [3.8, 4) is 11.5 Å². The Morgan fingerprint density at radius 2 is 1.96 bits per heavy atom. The third kappa shape index (κ3) is 4.81. The van der Waals surface area contributed by atoms with Gasteiger partial charge in [-0.25, -0.2) is 4.39 Å². The number of hydrogen-bond acceptors (Lipinski definition) is 4. The average Bonchev–Trinajstić information content (AvgIpc) is 3.15. The lowest BCUT2D eigenvalue weighted by Gasteiger charge is -2.21. The number of fused-ring (bicyclic) bond motifs is 1. The molecule has 1 aliphatic rings. The molecule has 0 fully saturated rings. The van der Waals surface area contributed by atoms with E-state index in [0.717, 1.165) is 11.6 Å². The van der Waals surface area contributed by atoms with Gasteiger partial charge < -0.3 is 19.7 Å². The van der Waals surface area contributed by atoms with Gasteiger partial charge in [-0.05, 0) is 58.7 Å². The van der Waals surface area contributed by atoms with Crippen LogP contribution in [0.4, 0.5) is 4.39 Å². The summed E-state index contributed by atoms with van der Waals surface area (Å²) in [5, 5.41) is 2.66. The van der Waals surface area contributed by atoms with E-state index in [9.17, 15) is 14.0 Å². The summed E-state index contributed by atoms with van der Waals surface area (Å²) in [4.78, 5) is 26.4. The lowest BCUT2D eigenvalue weighted by atomic mass is 10.1. The molecular formula is C20H20BrFN2O4. The largest absolute Gasteiger partial charge is 0.454 e. The van der Waals surface area contributed by atoms with Gasteiger partial charge in [-0.3, -0.25) is 9.59 Å². The molecule has 1 heterocycles. The van der Waals surface area contributed by atoms with E-state index in [2.05, 4.69) is 21.2 Å². The van der Waals surface area contributed by atoms with Gasteiger partial charge in [-0.1, -0.05) is 6.07 Å². The minimum Gasteiger partial charge on any atom is -0.454 e. The van der Waals surface area contributed by atoms with Gasteiger partial charge in [0.1, 0.15) is 5.82 Å². The van der Waals surface area contributed by atoms with Crippen molar-refractivity contribution < 1.29 is 23.5 Å². The first-order valence-corrected chi connectivity index (χ1v) is 9.66. The Hall–Kier alpha value is -2.61. The number of carbonyl (C=O) groups is 2. The molecule has 0 saturated carbocycles. The van der Waals surface area contributed by atoms with Gasteiger partial charge in [-0.2, -0.15) is 0 Å². The first-order valence-electron chi connectivity index (χ1n) is 8.87. The molecule has 3 rings (SSSR count). The molecule has 1 aliphatic heterocycles. The van der Waals surface area contributed by atoms with Gasteiger partial charge in [0.25, 0.3) is 5.91 Å². The quantitative estimate of drug-likeness (QED) is 0.700. The molecule has 2 aromatic carbocycles. The van der Waals surface area contributed by atoms with Gasteiger partial charge in [-0.15, -0.1) is 0 Å². The maximum absolute atomic E-state index is 13.3. The number of benzene rings is 2. The van der Waals surface area contributed by atoms with Gasteiger partial charge in [0.15, 0.2) is 11.5 Å². The number of carbonyl (C=O) groups excluding carboxylic acids is 2. The summed E-state index contributed by atoms with van der Waals surface area (Å²) in [5.41, 5.74) is 1.13. The zero-order valence-electron chi connectivity index (χ0n) is 15.3. The third-order valence-electron chi connectivity index (χ3n) is 4.34. The molecule has 1 N–H and O–H groups in total. The highest BCUT2D eigenvalue weighted by Gasteiger charge is 2.17. The number of nitrogens with one attached hydrogen (secondary N) is 1. The molecule has 8 heteroatoms. The number of rotatable bonds is 7. The normalized spacial score (nSPS) is 12.0. The van der Waals surface area contributed by atoms with Crippen molar-refractivity contribution in [1.82, 2.24) is 10.2 Å². The highest BCUT2D eigenvalue weighted by molar-refractivity contribution is 9.10. The second kappa shape index (κ2) is 9.05. The standard InChI is InChI=1S/C20H20BrFN2O4/c1-2-24(11-13-3-6-17-18(9-13)28-12-27-17)19(25)7-8-23-20(26)15-10-14(22)4-5-16(15)21/h3-6,9-10H,2,7-8,11-12H2,1H3,(H,23,26). The second-order valence-electron chi connectivity index (χ2n) is 6.23. The predicted molar refractivity (Wildman–Crippen MR) is 105 cm³/mol. The molecule has 0 atom stereocenters. The van der Waals surface area contributed by atoms with Crippen molar-refractivity contribution in [3.05, 3.63) is 57.8 Å². The van der Waals surface area contributed by atoms with Gasteiger partial charge >= 0.3 is 0 Å². The monoisotopic (exact) mass is 450 g/mol. The van der Waals surface area contributed by atoms with Crippen LogP contribution in [0.25, 0.3) is 0 Å². The topological polar surface area (TPSA) is 67.9 Å². The molecule has 0 aliphatic carbocycles. The fraction of sp³-hybridized carbons (Fsp3) is 0.300. The lowest BCUT2D eigenvalue weighted by molar-refractivity contribution is -0.131. The summed E-state index contributed by atoms with van der Waals surface area (Å²) in [6, 6.07) is 9.47. The van der Waals surface area contributed by atoms with Gasteiger partial charge in [0, 0.05) is 30.5 Å². The Labute approximate surface area is 170 Å². The van der Waals surface area contributed by atoms with Crippen molar-refractivity contribution in [2.24, 2.45) is 0 Å². The number of ether oxygens (including phenoxy) is 2. The molecule has 0 aromatic heterocycles. The summed E-state index contributed by atoms with van der Waals surface area (Å²) in [7, 11) is 0. The van der Waals surface area contributed by atoms with Crippen molar-refractivity contribution >= 4 is 27.7 Å². The van der Waals surface area contributed by atoms with E-state index in [1.807, 2.05) is 25.1 Å². The summed E-state index contributed by atoms with van der Waals surface area (Å²) < 4.78 is 24.5. The van der Waals surface area contributed by atoms with Crippen LogP contribution in [0.15, 0.2) is 40.9 Å². The van der Waals surface area contributed by atoms with Crippen molar-refractivity contribution in [1.29, 1.82) is 0 Å². The molecule has 6 nitrogen and oxygen atoms in total. The van der Waals surface area contributed by atoms with Crippen molar-refractivity contribution in [3.63, 3.8) is 0 Å². The zero-order chi connectivity index (χ0) is 20.1. The molecule has 0 unspecified atom stereocenters. The zero-order valence-corrected chi connectivity index (χ0v) is 16.9. The first-order chi connectivity index (χ1) is 13.5. The number of amides is 2. The summed E-state index contributed by atoms with van der Waals surface area (Å²) in [6.45, 7) is 3.24. The molecule has 0 bridgehead atoms. The van der Waals surface area contributed by atoms with Crippen LogP contribution >= 0.6 is 15.9 Å². The van der Waals surface area contributed by atoms with Crippen molar-refractivity contribution in [2.45, 2.75) is 19.9 Å². The molecular weight excluding hydrogens is 431 g/mol. The van der Waals surface area contributed by atoms with Gasteiger partial charge in [0.2, 0.25) is 12.7 Å². The minimum atomic E-state index is -0.495. The van der Waals surface area contributed by atoms with Crippen molar-refractivity contribution in [2.75, 3.05) is 19.9 Å². The van der Waals surface area contributed by atoms with E-state index in [0.29, 0.717) is 29.1 Å². The fourth-order valence-electron chi connectivity index (χ4n) is 2.84. The molecule has 0 saturated heterocycles. The predicted octanol–water partition coefficient (Wildman–Crippen LogP) is 3.49. The minimum absolute atomic E-state index is 0.0845. The lowest BCUT2D eigenvalue weighted by Crippen LogP contribution is -2.34. The third-order valence-corrected chi connectivity index (χ3v) is 5.03. The molecule has 0 radical (unpaired) electrons. The van der Waals surface area contributed by atoms with E-state index < -0.39 is 11.7 Å². The van der Waals surface area contributed by atoms with E-state index in [1.54, 1.807) is 4.90 Å². The maximum Gasteiger partial charge on any atom is 0.252 e. The fourth-order valence-corrected chi connectivity index (χ4v) is 3.27. The van der Waals surface area contributed by atoms with E-state index in [4.69, 9.17) is 9.47 Å². The van der Waals surface area contributed by atoms with Crippen LogP contribution in [0, 0.1) is 5.82 Å². The maximum atomic E-state index is 13.3. The molecule has 2 aromatic rings. The van der Waals surface area contributed by atoms with E-state index >= 15 is 0 Å². The van der Waals surface area contributed by atoms with Crippen LogP contribution in [-0.4, -0.2) is 36.6 Å². The summed E-state index contributed by atoms with van der Waals surface area (Å²) in [5.74, 6) is 0.361. The number of halogens is 2. The van der Waals surface area contributed by atoms with Crippen LogP contribution in [-0.2, 0) is 11.3 Å². The van der Waals surface area contributed by atoms with Crippen LogP contribution < -0.4 is 14.8 Å². The highest BCUT2D eigenvalue weighted by atomic mass is 79.9. The highest BCUT2D eigenvalue weighted by Crippen LogP contribution is 2.32. The molecule has 0 spiro atoms. The molecule has 2 amide bonds. The van der Waals surface area contributed by atoms with E-state index in [1.165, 1.54) is 12.1 Å². The Morgan fingerprint density at radius 3 is 2.75 bits per heavy atom. The van der Waals surface area contributed by atoms with Gasteiger partial charge in [0.05, 0.1) is 5.56 Å². The Bertz CT molecular complexity index is 891. The van der Waals surface area contributed by atoms with Crippen LogP contribution in [0.3, 0.4) is 0 Å². The second-order valence-corrected chi connectivity index (χ2v) is 7.08. The molecule has 148 valence electrons. The van der Waals surface area contributed by atoms with Crippen LogP contribution in [0.5, 0.6) is 11.5 Å². The van der Waals surface area contributed by atoms with Crippen LogP contribution in [0.2, 0.25) is 0 Å². The Morgan fingerprint density at radius 1 is 1.18 bits per heavy atom. The number of nitrogens with zero attached hydrogens (tertiary/aromatic N) is 1. The van der Waals surface area contributed by atoms with E-state index in [-0.39, 0.29) is 31.2 Å². The summed E-state index contributed by atoms with van der Waals surface area (Å²) in [6.07, 6.45) is 0.150. The smallest absolute Gasteiger partial charge is 0.252 e.